The van der Waals surface area contributed by atoms with Crippen molar-refractivity contribution in [3.63, 3.8) is 0 Å². The molecule has 1 aliphatic heterocycles. The van der Waals surface area contributed by atoms with Gasteiger partial charge >= 0.3 is 5.69 Å². The second-order valence-electron chi connectivity index (χ2n) is 10.9. The number of rotatable bonds is 10. The van der Waals surface area contributed by atoms with Gasteiger partial charge in [0.15, 0.2) is 0 Å². The summed E-state index contributed by atoms with van der Waals surface area (Å²) in [6.45, 7) is 6.15. The second kappa shape index (κ2) is 13.2. The van der Waals surface area contributed by atoms with E-state index < -0.39 is 52.7 Å². The Hall–Kier alpha value is -3.83. The Morgan fingerprint density at radius 2 is 2.05 bits per heavy atom. The van der Waals surface area contributed by atoms with Crippen molar-refractivity contribution in [3.05, 3.63) is 66.0 Å². The second-order valence-corrected chi connectivity index (χ2v) is 10.9. The highest BCUT2D eigenvalue weighted by Crippen LogP contribution is 2.43. The molecule has 13 nitrogen and oxygen atoms in total. The maximum absolute atomic E-state index is 12.6. The fourth-order valence-corrected chi connectivity index (χ4v) is 4.49. The number of benzene rings is 1. The molecule has 2 heterocycles. The molecule has 0 amide bonds. The molecule has 1 fully saturated rings. The van der Waals surface area contributed by atoms with E-state index in [-0.39, 0.29) is 53.4 Å². The minimum absolute atomic E-state index is 0.0188. The molecule has 0 aliphatic carbocycles. The van der Waals surface area contributed by atoms with E-state index in [1.54, 1.807) is 0 Å². The first-order valence-corrected chi connectivity index (χ1v) is 13.0. The average Bonchev–Trinajstić information content (AvgIpc) is 3.27. The number of nitro benzene ring substituents is 1. The summed E-state index contributed by atoms with van der Waals surface area (Å²) in [4.78, 5) is 50.1. The van der Waals surface area contributed by atoms with E-state index in [4.69, 9.17) is 14.2 Å². The van der Waals surface area contributed by atoms with E-state index in [0.29, 0.717) is 6.42 Å². The van der Waals surface area contributed by atoms with Crippen LogP contribution in [0.4, 0.5) is 5.69 Å². The summed E-state index contributed by atoms with van der Waals surface area (Å²) in [5.74, 6) is 5.93. The summed E-state index contributed by atoms with van der Waals surface area (Å²) in [5.41, 5.74) is -1.90. The third kappa shape index (κ3) is 7.68. The zero-order valence-corrected chi connectivity index (χ0v) is 23.6. The number of ketones is 1. The van der Waals surface area contributed by atoms with Crippen molar-refractivity contribution in [2.45, 2.75) is 78.1 Å². The monoisotopic (exact) mass is 573 g/mol. The summed E-state index contributed by atoms with van der Waals surface area (Å²) in [6.07, 6.45) is -1.85. The van der Waals surface area contributed by atoms with Crippen molar-refractivity contribution >= 4 is 11.5 Å². The van der Waals surface area contributed by atoms with Gasteiger partial charge in [0.1, 0.15) is 23.9 Å². The van der Waals surface area contributed by atoms with Gasteiger partial charge in [-0.1, -0.05) is 32.6 Å². The minimum Gasteiger partial charge on any atom is -0.495 e. The molecule has 0 saturated carbocycles. The van der Waals surface area contributed by atoms with Crippen LogP contribution in [0, 0.1) is 27.4 Å². The molecule has 1 aromatic heterocycles. The van der Waals surface area contributed by atoms with Gasteiger partial charge in [0.2, 0.25) is 0 Å². The number of methoxy groups -OCH3 is 1. The maximum Gasteiger partial charge on any atom is 0.330 e. The topological polar surface area (TPSA) is 183 Å². The van der Waals surface area contributed by atoms with Crippen LogP contribution in [0.5, 0.6) is 5.75 Å². The molecule has 222 valence electrons. The molecule has 4 atom stereocenters. The fraction of sp³-hybridized carbons (Fsp3) is 0.536. The molecule has 0 unspecified atom stereocenters. The fourth-order valence-electron chi connectivity index (χ4n) is 4.49. The number of hydrogen-bond donors (Lipinski definition) is 3. The van der Waals surface area contributed by atoms with E-state index >= 15 is 0 Å². The van der Waals surface area contributed by atoms with E-state index in [1.165, 1.54) is 32.4 Å². The molecule has 13 heteroatoms. The molecule has 41 heavy (non-hydrogen) atoms. The van der Waals surface area contributed by atoms with Crippen molar-refractivity contribution in [1.82, 2.24) is 9.55 Å². The van der Waals surface area contributed by atoms with Gasteiger partial charge in [0.05, 0.1) is 54.1 Å². The number of aliphatic hydroxyl groups excluding tert-OH is 2. The molecule has 2 aromatic rings. The Kier molecular flexibility index (Phi) is 10.2. The van der Waals surface area contributed by atoms with Crippen molar-refractivity contribution in [3.8, 4) is 17.6 Å². The number of aliphatic hydroxyl groups is 2. The van der Waals surface area contributed by atoms with E-state index in [1.807, 2.05) is 20.8 Å². The van der Waals surface area contributed by atoms with Gasteiger partial charge in [0, 0.05) is 31.5 Å². The summed E-state index contributed by atoms with van der Waals surface area (Å²) in [7, 11) is 1.41. The van der Waals surface area contributed by atoms with Crippen molar-refractivity contribution in [2.75, 3.05) is 13.7 Å². The zero-order chi connectivity index (χ0) is 30.5. The summed E-state index contributed by atoms with van der Waals surface area (Å²) < 4.78 is 18.2. The number of aromatic nitrogens is 2. The number of nitrogens with zero attached hydrogens (tertiary/aromatic N) is 2. The first kappa shape index (κ1) is 31.7. The number of hydrogen-bond acceptors (Lipinski definition) is 10. The van der Waals surface area contributed by atoms with Gasteiger partial charge in [-0.25, -0.2) is 4.79 Å². The van der Waals surface area contributed by atoms with Crippen LogP contribution in [0.3, 0.4) is 0 Å². The van der Waals surface area contributed by atoms with Crippen LogP contribution in [0.25, 0.3) is 0 Å². The summed E-state index contributed by atoms with van der Waals surface area (Å²) in [6, 6.07) is 2.78. The van der Waals surface area contributed by atoms with Crippen LogP contribution >= 0.6 is 0 Å². The van der Waals surface area contributed by atoms with Gasteiger partial charge < -0.3 is 24.4 Å². The van der Waals surface area contributed by atoms with Crippen LogP contribution < -0.4 is 16.0 Å². The van der Waals surface area contributed by atoms with Crippen LogP contribution in [-0.4, -0.2) is 56.4 Å². The molecule has 1 saturated heterocycles. The molecule has 3 rings (SSSR count). The lowest BCUT2D eigenvalue weighted by molar-refractivity contribution is -0.386. The Balaban J connectivity index is 1.98. The lowest BCUT2D eigenvalue weighted by Gasteiger charge is -2.31. The highest BCUT2D eigenvalue weighted by atomic mass is 16.6. The molecule has 1 aliphatic rings. The largest absolute Gasteiger partial charge is 0.495 e. The first-order valence-electron chi connectivity index (χ1n) is 13.0. The molecule has 3 N–H and O–H groups in total. The quantitative estimate of drug-likeness (QED) is 0.216. The van der Waals surface area contributed by atoms with E-state index in [0.717, 1.165) is 4.57 Å². The lowest BCUT2D eigenvalue weighted by Crippen LogP contribution is -2.35. The number of carbonyl (C=O) groups is 1. The van der Waals surface area contributed by atoms with Gasteiger partial charge in [0.25, 0.3) is 11.2 Å². The van der Waals surface area contributed by atoms with Gasteiger partial charge in [-0.15, -0.1) is 0 Å². The zero-order valence-electron chi connectivity index (χ0n) is 23.6. The lowest BCUT2D eigenvalue weighted by atomic mass is 9.83. The molecule has 0 bridgehead atoms. The normalized spacial score (nSPS) is 19.3. The predicted molar refractivity (Wildman–Crippen MR) is 146 cm³/mol. The van der Waals surface area contributed by atoms with Crippen LogP contribution in [-0.2, 0) is 20.9 Å². The Labute approximate surface area is 236 Å². The third-order valence-electron chi connectivity index (χ3n) is 6.58. The number of ether oxygens (including phenoxy) is 3. The van der Waals surface area contributed by atoms with E-state index in [9.17, 15) is 34.7 Å². The van der Waals surface area contributed by atoms with Crippen LogP contribution in [0.1, 0.15) is 76.0 Å². The van der Waals surface area contributed by atoms with Crippen LogP contribution in [0.15, 0.2) is 27.9 Å². The van der Waals surface area contributed by atoms with Crippen molar-refractivity contribution in [2.24, 2.45) is 5.41 Å². The smallest absolute Gasteiger partial charge is 0.330 e. The number of Topliss-reactive ketones (excluding diaryl/α,β-unsaturated/α-hetero) is 1. The summed E-state index contributed by atoms with van der Waals surface area (Å²) in [5, 5.41) is 31.6. The Bertz CT molecular complexity index is 1460. The molecule has 1 aromatic carbocycles. The minimum atomic E-state index is -0.994. The Morgan fingerprint density at radius 3 is 2.61 bits per heavy atom. The first-order chi connectivity index (χ1) is 19.3. The van der Waals surface area contributed by atoms with Crippen LogP contribution in [0.2, 0.25) is 0 Å². The standard InChI is InChI=1S/C28H35N3O10/c1-16(33)8-6-7-9-17-10-20(31(37)38)19(11-22(17)39-5)25(28(2,3)4)40-15-18-13-30(27(36)29-26(18)35)24-12-21(34)23(14-32)41-24/h10-11,13,21,23-25,32,34H,6,8,12,14-15H2,1-5H3,(H,29,35,36)/t21-,23-,24-,25-/m1/s1. The predicted octanol–water partition coefficient (Wildman–Crippen LogP) is 2.12. The highest BCUT2D eigenvalue weighted by Gasteiger charge is 2.36. The average molecular weight is 574 g/mol. The van der Waals surface area contributed by atoms with Gasteiger partial charge in [-0.05, 0) is 18.4 Å². The number of H-pyrrole nitrogens is 1. The molecular weight excluding hydrogens is 538 g/mol. The van der Waals surface area contributed by atoms with Gasteiger partial charge in [-0.3, -0.25) is 29.3 Å². The molecule has 0 radical (unpaired) electrons. The molecule has 0 spiro atoms. The van der Waals surface area contributed by atoms with Gasteiger partial charge in [-0.2, -0.15) is 0 Å². The number of nitrogens with one attached hydrogen (secondary N) is 1. The Morgan fingerprint density at radius 1 is 1.34 bits per heavy atom. The number of aromatic amines is 1. The number of nitro groups is 1. The third-order valence-corrected chi connectivity index (χ3v) is 6.58. The highest BCUT2D eigenvalue weighted by molar-refractivity contribution is 5.75. The van der Waals surface area contributed by atoms with Crippen molar-refractivity contribution in [1.29, 1.82) is 0 Å². The molecular formula is C28H35N3O10. The summed E-state index contributed by atoms with van der Waals surface area (Å²) >= 11 is 0. The SMILES string of the molecule is COc1cc([C@@H](OCc2cn([C@H]3C[C@@H](O)[C@@H](CO)O3)c(=O)[nH]c2=O)C(C)(C)C)c([N+](=O)[O-])cc1C#CCCC(C)=O. The van der Waals surface area contributed by atoms with E-state index in [2.05, 4.69) is 16.8 Å². The number of carbonyl (C=O) groups excluding carboxylic acids is 1. The maximum atomic E-state index is 12.6. The van der Waals surface area contributed by atoms with Crippen molar-refractivity contribution < 1.29 is 34.1 Å².